The largest absolute Gasteiger partial charge is 0.383 e. The van der Waals surface area contributed by atoms with E-state index in [0.717, 1.165) is 12.1 Å². The Morgan fingerprint density at radius 1 is 0.964 bits per heavy atom. The van der Waals surface area contributed by atoms with Crippen LogP contribution in [-0.2, 0) is 6.42 Å². The molecule has 1 aliphatic rings. The molecule has 0 unspecified atom stereocenters. The number of nitrogens with zero attached hydrogens (tertiary/aromatic N) is 6. The predicted molar refractivity (Wildman–Crippen MR) is 98.3 cm³/mol. The van der Waals surface area contributed by atoms with E-state index < -0.39 is 17.5 Å². The van der Waals surface area contributed by atoms with Crippen molar-refractivity contribution in [3.8, 4) is 0 Å². The summed E-state index contributed by atoms with van der Waals surface area (Å²) < 4.78 is 42.8. The molecule has 0 atom stereocenters. The molecule has 0 radical (unpaired) electrons. The summed E-state index contributed by atoms with van der Waals surface area (Å²) in [5.41, 5.74) is 11.2. The van der Waals surface area contributed by atoms with Gasteiger partial charge in [-0.3, -0.25) is 4.90 Å². The van der Waals surface area contributed by atoms with Gasteiger partial charge in [-0.15, -0.1) is 5.10 Å². The third kappa shape index (κ3) is 3.40. The number of anilines is 3. The van der Waals surface area contributed by atoms with Crippen molar-refractivity contribution in [2.75, 3.05) is 49.1 Å². The first-order chi connectivity index (χ1) is 13.4. The van der Waals surface area contributed by atoms with Crippen molar-refractivity contribution in [2.45, 2.75) is 6.42 Å². The fraction of sp³-hybridized carbons (Fsp3) is 0.353. The van der Waals surface area contributed by atoms with Gasteiger partial charge in [-0.25, -0.2) is 13.2 Å². The molecular formula is C17H19F3N8. The van der Waals surface area contributed by atoms with E-state index in [-0.39, 0.29) is 11.5 Å². The van der Waals surface area contributed by atoms with Crippen LogP contribution in [0.25, 0.3) is 5.78 Å². The van der Waals surface area contributed by atoms with E-state index in [1.807, 2.05) is 0 Å². The Hall–Kier alpha value is -3.08. The van der Waals surface area contributed by atoms with Crippen LogP contribution in [0.1, 0.15) is 5.82 Å². The second-order valence-electron chi connectivity index (χ2n) is 6.62. The highest BCUT2D eigenvalue weighted by Crippen LogP contribution is 2.26. The monoisotopic (exact) mass is 392 g/mol. The van der Waals surface area contributed by atoms with Crippen molar-refractivity contribution in [3.63, 3.8) is 0 Å². The zero-order chi connectivity index (χ0) is 19.8. The van der Waals surface area contributed by atoms with E-state index in [2.05, 4.69) is 20.0 Å². The first-order valence-corrected chi connectivity index (χ1v) is 8.81. The number of benzene rings is 1. The number of nitrogens with two attached hydrogens (primary N) is 2. The molecule has 0 bridgehead atoms. The summed E-state index contributed by atoms with van der Waals surface area (Å²) in [4.78, 5) is 12.1. The molecule has 1 fully saturated rings. The van der Waals surface area contributed by atoms with Crippen LogP contribution in [0.15, 0.2) is 18.2 Å². The standard InChI is InChI=1S/C17H19F3N8/c18-10-1-2-11(19)16(15(10)20)27-7-5-26(6-8-27)4-3-14-24-17-23-12(21)9-13(22)28(17)25-14/h1-2,9H,3-8,22H2,(H2,21,23,24,25). The highest BCUT2D eigenvalue weighted by Gasteiger charge is 2.24. The Labute approximate surface area is 158 Å². The summed E-state index contributed by atoms with van der Waals surface area (Å²) >= 11 is 0. The lowest BCUT2D eigenvalue weighted by atomic mass is 10.2. The van der Waals surface area contributed by atoms with Crippen LogP contribution in [0.4, 0.5) is 30.5 Å². The Morgan fingerprint density at radius 2 is 1.68 bits per heavy atom. The lowest BCUT2D eigenvalue weighted by Gasteiger charge is -2.36. The van der Waals surface area contributed by atoms with E-state index in [4.69, 9.17) is 11.5 Å². The van der Waals surface area contributed by atoms with Gasteiger partial charge in [-0.1, -0.05) is 0 Å². The zero-order valence-corrected chi connectivity index (χ0v) is 14.9. The normalized spacial score (nSPS) is 15.5. The smallest absolute Gasteiger partial charge is 0.256 e. The van der Waals surface area contributed by atoms with Crippen molar-refractivity contribution in [3.05, 3.63) is 41.5 Å². The topological polar surface area (TPSA) is 102 Å². The third-order valence-electron chi connectivity index (χ3n) is 4.76. The molecule has 1 saturated heterocycles. The molecule has 4 rings (SSSR count). The number of piperazine rings is 1. The molecule has 2 aromatic heterocycles. The molecule has 1 aliphatic heterocycles. The van der Waals surface area contributed by atoms with Gasteiger partial charge >= 0.3 is 0 Å². The van der Waals surface area contributed by atoms with Crippen molar-refractivity contribution in [1.29, 1.82) is 0 Å². The highest BCUT2D eigenvalue weighted by molar-refractivity contribution is 5.50. The number of hydrogen-bond donors (Lipinski definition) is 2. The fourth-order valence-electron chi connectivity index (χ4n) is 3.32. The van der Waals surface area contributed by atoms with Crippen LogP contribution in [0.2, 0.25) is 0 Å². The van der Waals surface area contributed by atoms with Gasteiger partial charge in [-0.05, 0) is 12.1 Å². The molecular weight excluding hydrogens is 373 g/mol. The molecule has 0 spiro atoms. The lowest BCUT2D eigenvalue weighted by Crippen LogP contribution is -2.47. The van der Waals surface area contributed by atoms with Gasteiger partial charge in [0.05, 0.1) is 0 Å². The average molecular weight is 392 g/mol. The van der Waals surface area contributed by atoms with Gasteiger partial charge in [0.25, 0.3) is 5.78 Å². The number of nitrogen functional groups attached to an aromatic ring is 2. The van der Waals surface area contributed by atoms with E-state index in [0.29, 0.717) is 56.6 Å². The maximum absolute atomic E-state index is 14.0. The Morgan fingerprint density at radius 3 is 2.43 bits per heavy atom. The van der Waals surface area contributed by atoms with Crippen LogP contribution in [-0.4, -0.2) is 57.2 Å². The van der Waals surface area contributed by atoms with Gasteiger partial charge in [0.1, 0.15) is 23.1 Å². The van der Waals surface area contributed by atoms with Gasteiger partial charge in [0, 0.05) is 45.2 Å². The molecule has 28 heavy (non-hydrogen) atoms. The minimum Gasteiger partial charge on any atom is -0.383 e. The summed E-state index contributed by atoms with van der Waals surface area (Å²) in [5, 5.41) is 4.32. The number of halogens is 3. The second kappa shape index (κ2) is 7.15. The zero-order valence-electron chi connectivity index (χ0n) is 14.9. The molecule has 8 nitrogen and oxygen atoms in total. The van der Waals surface area contributed by atoms with Crippen LogP contribution in [0.3, 0.4) is 0 Å². The van der Waals surface area contributed by atoms with E-state index in [9.17, 15) is 13.2 Å². The van der Waals surface area contributed by atoms with E-state index in [1.165, 1.54) is 15.5 Å². The molecule has 3 aromatic rings. The summed E-state index contributed by atoms with van der Waals surface area (Å²) in [6, 6.07) is 3.25. The first-order valence-electron chi connectivity index (χ1n) is 8.81. The van der Waals surface area contributed by atoms with Crippen molar-refractivity contribution >= 4 is 23.1 Å². The Balaban J connectivity index is 1.38. The molecule has 11 heteroatoms. The summed E-state index contributed by atoms with van der Waals surface area (Å²) in [6.07, 6.45) is 0.561. The molecule has 1 aromatic carbocycles. The quantitative estimate of drug-likeness (QED) is 0.641. The molecule has 0 amide bonds. The molecule has 0 aliphatic carbocycles. The van der Waals surface area contributed by atoms with Crippen LogP contribution in [0, 0.1) is 17.5 Å². The summed E-state index contributed by atoms with van der Waals surface area (Å²) in [7, 11) is 0. The van der Waals surface area contributed by atoms with Gasteiger partial charge < -0.3 is 16.4 Å². The molecule has 148 valence electrons. The maximum Gasteiger partial charge on any atom is 0.256 e. The lowest BCUT2D eigenvalue weighted by molar-refractivity contribution is 0.257. The third-order valence-corrected chi connectivity index (χ3v) is 4.76. The first kappa shape index (κ1) is 18.3. The summed E-state index contributed by atoms with van der Waals surface area (Å²) in [6.45, 7) is 2.60. The van der Waals surface area contributed by atoms with Gasteiger partial charge in [0.15, 0.2) is 17.5 Å². The number of fused-ring (bicyclic) bond motifs is 1. The van der Waals surface area contributed by atoms with Gasteiger partial charge in [-0.2, -0.15) is 14.5 Å². The van der Waals surface area contributed by atoms with Gasteiger partial charge in [0.2, 0.25) is 0 Å². The summed E-state index contributed by atoms with van der Waals surface area (Å²) in [5.74, 6) is -1.41. The minimum atomic E-state index is -1.15. The van der Waals surface area contributed by atoms with Crippen molar-refractivity contribution < 1.29 is 13.2 Å². The molecule has 4 N–H and O–H groups in total. The van der Waals surface area contributed by atoms with E-state index in [1.54, 1.807) is 0 Å². The van der Waals surface area contributed by atoms with Crippen molar-refractivity contribution in [1.82, 2.24) is 24.5 Å². The van der Waals surface area contributed by atoms with Crippen LogP contribution in [0.5, 0.6) is 0 Å². The minimum absolute atomic E-state index is 0.275. The predicted octanol–water partition coefficient (Wildman–Crippen LogP) is 1.07. The highest BCUT2D eigenvalue weighted by atomic mass is 19.2. The molecule has 0 saturated carbocycles. The van der Waals surface area contributed by atoms with Crippen molar-refractivity contribution in [2.24, 2.45) is 0 Å². The van der Waals surface area contributed by atoms with Crippen LogP contribution < -0.4 is 16.4 Å². The Bertz CT molecular complexity index is 1010. The maximum atomic E-state index is 14.0. The number of hydrogen-bond acceptors (Lipinski definition) is 7. The average Bonchev–Trinajstić information content (AvgIpc) is 3.08. The van der Waals surface area contributed by atoms with Crippen LogP contribution >= 0.6 is 0 Å². The van der Waals surface area contributed by atoms with E-state index >= 15 is 0 Å². The number of rotatable bonds is 4. The SMILES string of the molecule is Nc1cc(N)n2nc(CCN3CCN(c4c(F)ccc(F)c4F)CC3)nc2n1. The molecule has 3 heterocycles. The number of aromatic nitrogens is 4. The fourth-order valence-corrected chi connectivity index (χ4v) is 3.32. The Kier molecular flexibility index (Phi) is 4.67. The second-order valence-corrected chi connectivity index (χ2v) is 6.62.